The van der Waals surface area contributed by atoms with E-state index in [9.17, 15) is 0 Å². The van der Waals surface area contributed by atoms with Crippen LogP contribution in [0.2, 0.25) is 0 Å². The summed E-state index contributed by atoms with van der Waals surface area (Å²) in [5, 5.41) is 0. The summed E-state index contributed by atoms with van der Waals surface area (Å²) in [6, 6.07) is 6.64. The van der Waals surface area contributed by atoms with Gasteiger partial charge in [0, 0.05) is 4.47 Å². The number of halogens is 1. The lowest BCUT2D eigenvalue weighted by molar-refractivity contribution is 0.389. The van der Waals surface area contributed by atoms with Crippen LogP contribution in [0.1, 0.15) is 37.3 Å². The highest BCUT2D eigenvalue weighted by atomic mass is 79.9. The van der Waals surface area contributed by atoms with Gasteiger partial charge in [-0.2, -0.15) is 0 Å². The minimum absolute atomic E-state index is 0.807. The summed E-state index contributed by atoms with van der Waals surface area (Å²) < 4.78 is 1.21. The molecular formula is C16H21Br. The SMILES string of the molecule is CCC1C=CC[C@@H](Cc2cc(Br)ccc2C)C1. The summed E-state index contributed by atoms with van der Waals surface area (Å²) in [4.78, 5) is 0. The van der Waals surface area contributed by atoms with Gasteiger partial charge in [-0.3, -0.25) is 0 Å². The van der Waals surface area contributed by atoms with Crippen LogP contribution in [0.5, 0.6) is 0 Å². The molecule has 1 aromatic rings. The Hall–Kier alpha value is -0.560. The Morgan fingerprint density at radius 2 is 2.18 bits per heavy atom. The molecule has 1 heteroatoms. The van der Waals surface area contributed by atoms with Crippen LogP contribution in [0.4, 0.5) is 0 Å². The molecule has 2 atom stereocenters. The van der Waals surface area contributed by atoms with Crippen LogP contribution >= 0.6 is 15.9 Å². The molecule has 0 amide bonds. The Labute approximate surface area is 113 Å². The summed E-state index contributed by atoms with van der Waals surface area (Å²) in [6.45, 7) is 4.51. The summed E-state index contributed by atoms with van der Waals surface area (Å²) >= 11 is 3.57. The first-order chi connectivity index (χ1) is 8.19. The van der Waals surface area contributed by atoms with Gasteiger partial charge < -0.3 is 0 Å². The number of benzene rings is 1. The fourth-order valence-electron chi connectivity index (χ4n) is 2.71. The van der Waals surface area contributed by atoms with E-state index in [0.29, 0.717) is 0 Å². The minimum Gasteiger partial charge on any atom is -0.0880 e. The lowest BCUT2D eigenvalue weighted by atomic mass is 9.81. The number of aryl methyl sites for hydroxylation is 1. The van der Waals surface area contributed by atoms with Crippen molar-refractivity contribution in [1.82, 2.24) is 0 Å². The molecule has 0 spiro atoms. The molecule has 17 heavy (non-hydrogen) atoms. The van der Waals surface area contributed by atoms with Gasteiger partial charge in [0.15, 0.2) is 0 Å². The number of allylic oxidation sites excluding steroid dienone is 2. The van der Waals surface area contributed by atoms with E-state index in [1.54, 1.807) is 0 Å². The second-order valence-corrected chi connectivity index (χ2v) is 6.12. The monoisotopic (exact) mass is 292 g/mol. The third-order valence-corrected chi connectivity index (χ3v) is 4.35. The molecule has 0 nitrogen and oxygen atoms in total. The first kappa shape index (κ1) is 12.9. The van der Waals surface area contributed by atoms with Crippen molar-refractivity contribution >= 4 is 15.9 Å². The fourth-order valence-corrected chi connectivity index (χ4v) is 3.12. The lowest BCUT2D eigenvalue weighted by Gasteiger charge is -2.24. The highest BCUT2D eigenvalue weighted by molar-refractivity contribution is 9.10. The average Bonchev–Trinajstić information content (AvgIpc) is 2.34. The topological polar surface area (TPSA) is 0 Å². The summed E-state index contributed by atoms with van der Waals surface area (Å²) in [6.07, 6.45) is 9.91. The van der Waals surface area contributed by atoms with Crippen molar-refractivity contribution in [2.45, 2.75) is 39.5 Å². The molecule has 0 aromatic heterocycles. The van der Waals surface area contributed by atoms with Gasteiger partial charge in [0.05, 0.1) is 0 Å². The zero-order valence-corrected chi connectivity index (χ0v) is 12.3. The Morgan fingerprint density at radius 1 is 1.35 bits per heavy atom. The predicted molar refractivity (Wildman–Crippen MR) is 78.2 cm³/mol. The largest absolute Gasteiger partial charge is 0.0880 e. The van der Waals surface area contributed by atoms with Gasteiger partial charge in [-0.05, 0) is 67.7 Å². The highest BCUT2D eigenvalue weighted by Gasteiger charge is 2.17. The zero-order chi connectivity index (χ0) is 12.3. The van der Waals surface area contributed by atoms with Gasteiger partial charge in [-0.15, -0.1) is 0 Å². The van der Waals surface area contributed by atoms with E-state index in [-0.39, 0.29) is 0 Å². The minimum atomic E-state index is 0.807. The molecule has 2 rings (SSSR count). The molecule has 0 bridgehead atoms. The predicted octanol–water partition coefficient (Wildman–Crippen LogP) is 5.29. The van der Waals surface area contributed by atoms with Gasteiger partial charge in [0.25, 0.3) is 0 Å². The van der Waals surface area contributed by atoms with Gasteiger partial charge in [-0.25, -0.2) is 0 Å². The Bertz CT molecular complexity index is 406. The Balaban J connectivity index is 2.06. The molecule has 0 radical (unpaired) electrons. The highest BCUT2D eigenvalue weighted by Crippen LogP contribution is 2.29. The van der Waals surface area contributed by atoms with Crippen LogP contribution in [0.15, 0.2) is 34.8 Å². The van der Waals surface area contributed by atoms with E-state index in [2.05, 4.69) is 60.1 Å². The molecule has 0 saturated carbocycles. The van der Waals surface area contributed by atoms with E-state index >= 15 is 0 Å². The summed E-state index contributed by atoms with van der Waals surface area (Å²) in [5.41, 5.74) is 2.94. The lowest BCUT2D eigenvalue weighted by Crippen LogP contribution is -2.13. The van der Waals surface area contributed by atoms with Crippen molar-refractivity contribution in [3.05, 3.63) is 46.0 Å². The summed E-state index contributed by atoms with van der Waals surface area (Å²) in [7, 11) is 0. The zero-order valence-electron chi connectivity index (χ0n) is 10.7. The third kappa shape index (κ3) is 3.45. The van der Waals surface area contributed by atoms with Crippen LogP contribution in [-0.4, -0.2) is 0 Å². The first-order valence-corrected chi connectivity index (χ1v) is 7.40. The van der Waals surface area contributed by atoms with Crippen molar-refractivity contribution < 1.29 is 0 Å². The van der Waals surface area contributed by atoms with Crippen molar-refractivity contribution in [1.29, 1.82) is 0 Å². The molecule has 0 N–H and O–H groups in total. The molecule has 0 heterocycles. The maximum absolute atomic E-state index is 3.57. The van der Waals surface area contributed by atoms with Crippen molar-refractivity contribution in [3.8, 4) is 0 Å². The molecular weight excluding hydrogens is 272 g/mol. The van der Waals surface area contributed by atoms with Crippen LogP contribution in [0.3, 0.4) is 0 Å². The molecule has 0 aliphatic heterocycles. The van der Waals surface area contributed by atoms with E-state index in [1.165, 1.54) is 41.3 Å². The van der Waals surface area contributed by atoms with Gasteiger partial charge in [0.1, 0.15) is 0 Å². The number of hydrogen-bond acceptors (Lipinski definition) is 0. The second-order valence-electron chi connectivity index (χ2n) is 5.21. The van der Waals surface area contributed by atoms with E-state index < -0.39 is 0 Å². The summed E-state index contributed by atoms with van der Waals surface area (Å²) in [5.74, 6) is 1.64. The Kier molecular flexibility index (Phi) is 4.44. The van der Waals surface area contributed by atoms with E-state index in [4.69, 9.17) is 0 Å². The second kappa shape index (κ2) is 5.86. The van der Waals surface area contributed by atoms with Gasteiger partial charge in [0.2, 0.25) is 0 Å². The quantitative estimate of drug-likeness (QED) is 0.664. The standard InChI is InChI=1S/C16H21Br/c1-3-13-5-4-6-14(9-13)10-15-11-16(17)8-7-12(15)2/h4-5,7-8,11,13-14H,3,6,9-10H2,1-2H3/t13?,14-/m1/s1. The van der Waals surface area contributed by atoms with Gasteiger partial charge in [-0.1, -0.05) is 41.1 Å². The van der Waals surface area contributed by atoms with Gasteiger partial charge >= 0.3 is 0 Å². The number of rotatable bonds is 3. The fraction of sp³-hybridized carbons (Fsp3) is 0.500. The smallest absolute Gasteiger partial charge is 0.0178 e. The van der Waals surface area contributed by atoms with Crippen LogP contribution in [-0.2, 0) is 6.42 Å². The maximum Gasteiger partial charge on any atom is 0.0178 e. The molecule has 1 unspecified atom stereocenters. The molecule has 1 aromatic carbocycles. The normalized spacial score (nSPS) is 23.9. The Morgan fingerprint density at radius 3 is 2.94 bits per heavy atom. The van der Waals surface area contributed by atoms with Crippen molar-refractivity contribution in [2.75, 3.05) is 0 Å². The maximum atomic E-state index is 3.57. The first-order valence-electron chi connectivity index (χ1n) is 6.60. The molecule has 0 saturated heterocycles. The van der Waals surface area contributed by atoms with Crippen LogP contribution in [0, 0.1) is 18.8 Å². The molecule has 0 fully saturated rings. The number of hydrogen-bond donors (Lipinski definition) is 0. The van der Waals surface area contributed by atoms with Crippen molar-refractivity contribution in [2.24, 2.45) is 11.8 Å². The average molecular weight is 293 g/mol. The molecule has 1 aliphatic carbocycles. The third-order valence-electron chi connectivity index (χ3n) is 3.86. The van der Waals surface area contributed by atoms with Crippen LogP contribution < -0.4 is 0 Å². The van der Waals surface area contributed by atoms with E-state index in [1.807, 2.05) is 0 Å². The van der Waals surface area contributed by atoms with E-state index in [0.717, 1.165) is 11.8 Å². The van der Waals surface area contributed by atoms with Crippen LogP contribution in [0.25, 0.3) is 0 Å². The molecule has 1 aliphatic rings. The van der Waals surface area contributed by atoms with Crippen molar-refractivity contribution in [3.63, 3.8) is 0 Å². The molecule has 92 valence electrons.